The van der Waals surface area contributed by atoms with Crippen LogP contribution in [0.5, 0.6) is 0 Å². The van der Waals surface area contributed by atoms with Gasteiger partial charge in [-0.3, -0.25) is 9.78 Å². The molecule has 15 heavy (non-hydrogen) atoms. The molecule has 1 aromatic heterocycles. The SMILES string of the molecule is O=[C-]c1ccc2c(n1)C(=O)CCCC2.[Am]. The zero-order valence-corrected chi connectivity index (χ0v) is 11.3. The molecule has 0 amide bonds. The fraction of sp³-hybridized carbons (Fsp3) is 0.364. The number of rotatable bonds is 1. The predicted octanol–water partition coefficient (Wildman–Crippen LogP) is 1.45. The largest absolute Gasteiger partial charge is 0.417 e. The van der Waals surface area contributed by atoms with E-state index < -0.39 is 0 Å². The van der Waals surface area contributed by atoms with Crippen LogP contribution in [0.3, 0.4) is 0 Å². The van der Waals surface area contributed by atoms with Crippen molar-refractivity contribution < 1.29 is 23.9 Å². The molecule has 0 bridgehead atoms. The van der Waals surface area contributed by atoms with Crippen LogP contribution in [-0.4, -0.2) is 17.1 Å². The summed E-state index contributed by atoms with van der Waals surface area (Å²) in [6.45, 7) is 0. The number of hydrogen-bond donors (Lipinski definition) is 0. The third kappa shape index (κ3) is 2.46. The van der Waals surface area contributed by atoms with Crippen LogP contribution in [-0.2, 0) is 11.2 Å². The Morgan fingerprint density at radius 3 is 2.67 bits per heavy atom. The van der Waals surface area contributed by atoms with Crippen LogP contribution in [0, 0.1) is 14.3 Å². The minimum atomic E-state index is 0. The van der Waals surface area contributed by atoms with Crippen molar-refractivity contribution in [2.75, 3.05) is 0 Å². The van der Waals surface area contributed by atoms with Crippen molar-refractivity contribution in [3.05, 3.63) is 29.1 Å². The molecule has 0 saturated heterocycles. The van der Waals surface area contributed by atoms with Crippen molar-refractivity contribution in [1.82, 2.24) is 4.98 Å². The number of carbonyl (C=O) groups is 1. The summed E-state index contributed by atoms with van der Waals surface area (Å²) < 4.78 is 0. The molecular weight excluding hydrogens is 421 g/mol. The van der Waals surface area contributed by atoms with Gasteiger partial charge in [0, 0.05) is 27.0 Å². The first-order chi connectivity index (χ1) is 6.81. The smallest absolute Gasteiger partial charge is 0.181 e. The van der Waals surface area contributed by atoms with E-state index in [4.69, 9.17) is 0 Å². The first-order valence-corrected chi connectivity index (χ1v) is 4.72. The van der Waals surface area contributed by atoms with Gasteiger partial charge in [0.25, 0.3) is 0 Å². The van der Waals surface area contributed by atoms with Gasteiger partial charge in [0.15, 0.2) is 5.78 Å². The summed E-state index contributed by atoms with van der Waals surface area (Å²) >= 11 is 0. The van der Waals surface area contributed by atoms with E-state index in [1.165, 1.54) is 0 Å². The van der Waals surface area contributed by atoms with Crippen molar-refractivity contribution in [2.24, 2.45) is 0 Å². The van der Waals surface area contributed by atoms with Crippen LogP contribution >= 0.6 is 0 Å². The van der Waals surface area contributed by atoms with E-state index in [2.05, 4.69) is 4.98 Å². The third-order valence-electron chi connectivity index (χ3n) is 2.45. The second kappa shape index (κ2) is 5.10. The van der Waals surface area contributed by atoms with Gasteiger partial charge in [0.2, 0.25) is 0 Å². The van der Waals surface area contributed by atoms with Crippen LogP contribution in [0.4, 0.5) is 0 Å². The molecule has 1 aliphatic carbocycles. The molecule has 1 aliphatic rings. The fourth-order valence-electron chi connectivity index (χ4n) is 1.71. The van der Waals surface area contributed by atoms with Gasteiger partial charge in [-0.25, -0.2) is 0 Å². The summed E-state index contributed by atoms with van der Waals surface area (Å²) in [6, 6.07) is 3.43. The van der Waals surface area contributed by atoms with Gasteiger partial charge >= 0.3 is 0 Å². The third-order valence-corrected chi connectivity index (χ3v) is 2.45. The molecule has 0 aliphatic heterocycles. The summed E-state index contributed by atoms with van der Waals surface area (Å²) in [5, 5.41) is 0. The molecule has 2 rings (SSSR count). The fourth-order valence-corrected chi connectivity index (χ4v) is 1.71. The molecule has 0 spiro atoms. The summed E-state index contributed by atoms with van der Waals surface area (Å²) in [6.07, 6.45) is 5.06. The predicted molar refractivity (Wildman–Crippen MR) is 50.9 cm³/mol. The molecule has 0 saturated carbocycles. The Morgan fingerprint density at radius 2 is 1.93 bits per heavy atom. The molecular formula is C11H10AmNO2-. The monoisotopic (exact) mass is 429 g/mol. The van der Waals surface area contributed by atoms with Gasteiger partial charge in [-0.05, 0) is 24.8 Å². The average Bonchev–Trinajstić information content (AvgIpc) is 2.40. The van der Waals surface area contributed by atoms with E-state index in [9.17, 15) is 9.59 Å². The maximum absolute atomic E-state index is 11.6. The zero-order chi connectivity index (χ0) is 9.97. The number of aromatic nitrogens is 1. The maximum atomic E-state index is 11.6. The minimum Gasteiger partial charge on any atom is -0.417 e. The van der Waals surface area contributed by atoms with Crippen LogP contribution in [0.2, 0.25) is 0 Å². The van der Waals surface area contributed by atoms with Gasteiger partial charge in [0.05, 0.1) is 0 Å². The molecule has 79 valence electrons. The van der Waals surface area contributed by atoms with E-state index >= 15 is 0 Å². The maximum Gasteiger partial charge on any atom is 0.181 e. The molecule has 1 radical (unpaired) electrons. The van der Waals surface area contributed by atoms with Crippen molar-refractivity contribution in [3.8, 4) is 0 Å². The van der Waals surface area contributed by atoms with Gasteiger partial charge in [-0.15, -0.1) is 6.07 Å². The Balaban J connectivity index is 0.00000112. The standard InChI is InChI=1S/C11H10NO2.Am/c13-7-9-6-5-8-3-1-2-4-10(14)11(8)12-9;/h5-6H,1-4H2;/q-1;. The number of carbonyl (C=O) groups excluding carboxylic acids is 2. The summed E-state index contributed by atoms with van der Waals surface area (Å²) in [5.74, 6) is 0.0506. The van der Waals surface area contributed by atoms with E-state index in [1.807, 2.05) is 6.07 Å². The second-order valence-electron chi connectivity index (χ2n) is 3.44. The molecule has 0 fully saturated rings. The molecule has 0 N–H and O–H groups in total. The van der Waals surface area contributed by atoms with Gasteiger partial charge in [0.1, 0.15) is 5.69 Å². The zero-order valence-electron chi connectivity index (χ0n) is 8.12. The topological polar surface area (TPSA) is 47.0 Å². The van der Waals surface area contributed by atoms with Crippen molar-refractivity contribution in [3.63, 3.8) is 0 Å². The number of pyridine rings is 1. The first-order valence-electron chi connectivity index (χ1n) is 4.72. The molecule has 1 aromatic rings. The van der Waals surface area contributed by atoms with Crippen molar-refractivity contribution in [1.29, 1.82) is 0 Å². The van der Waals surface area contributed by atoms with Crippen molar-refractivity contribution in [2.45, 2.75) is 25.7 Å². The second-order valence-corrected chi connectivity index (χ2v) is 3.44. The average molecular weight is 431 g/mol. The summed E-state index contributed by atoms with van der Waals surface area (Å²) in [4.78, 5) is 26.0. The Labute approximate surface area is 96.1 Å². The van der Waals surface area contributed by atoms with Gasteiger partial charge in [-0.2, -0.15) is 6.07 Å². The minimum absolute atomic E-state index is 0. The number of hydrogen-bond acceptors (Lipinski definition) is 3. The molecule has 4 heteroatoms. The van der Waals surface area contributed by atoms with Crippen LogP contribution in [0.1, 0.15) is 41.0 Å². The molecule has 1 heterocycles. The first kappa shape index (κ1) is 12.0. The number of nitrogens with zero attached hydrogens (tertiary/aromatic N) is 1. The number of aryl methyl sites for hydroxylation is 1. The number of fused-ring (bicyclic) bond motifs is 1. The molecule has 0 atom stereocenters. The summed E-state index contributed by atoms with van der Waals surface area (Å²) in [7, 11) is 0. The quantitative estimate of drug-likeness (QED) is 0.500. The van der Waals surface area contributed by atoms with Crippen LogP contribution in [0.15, 0.2) is 12.1 Å². The Bertz CT molecular complexity index is 390. The van der Waals surface area contributed by atoms with E-state index in [0.29, 0.717) is 12.1 Å². The van der Waals surface area contributed by atoms with Crippen LogP contribution < -0.4 is 0 Å². The molecule has 3 nitrogen and oxygen atoms in total. The number of ketones is 1. The summed E-state index contributed by atoms with van der Waals surface area (Å²) in [5.41, 5.74) is 1.66. The Kier molecular flexibility index (Phi) is 4.06. The normalized spacial score (nSPS) is 14.8. The van der Waals surface area contributed by atoms with Crippen molar-refractivity contribution >= 4 is 12.1 Å². The van der Waals surface area contributed by atoms with Crippen LogP contribution in [0.25, 0.3) is 0 Å². The van der Waals surface area contributed by atoms with Gasteiger partial charge < -0.3 is 4.79 Å². The Morgan fingerprint density at radius 1 is 1.20 bits per heavy atom. The van der Waals surface area contributed by atoms with E-state index in [0.717, 1.165) is 24.8 Å². The van der Waals surface area contributed by atoms with E-state index in [1.54, 1.807) is 12.4 Å². The molecule has 0 aromatic carbocycles. The van der Waals surface area contributed by atoms with E-state index in [-0.39, 0.29) is 25.8 Å². The Hall–Kier alpha value is -1.12. The molecule has 0 unspecified atom stereocenters. The van der Waals surface area contributed by atoms with Gasteiger partial charge in [-0.1, -0.05) is 5.69 Å². The number of Topliss-reactive ketones (excluding diaryl/α,β-unsaturated/α-hetero) is 1.